The maximum absolute atomic E-state index is 12.5. The molecule has 1 heterocycles. The number of amides is 1. The first-order valence-electron chi connectivity index (χ1n) is 8.73. The van der Waals surface area contributed by atoms with Crippen LogP contribution < -0.4 is 0 Å². The topological polar surface area (TPSA) is 49.0 Å². The van der Waals surface area contributed by atoms with Gasteiger partial charge in [-0.25, -0.2) is 0 Å². The number of aromatic nitrogens is 2. The highest BCUT2D eigenvalue weighted by atomic mass is 16.2. The van der Waals surface area contributed by atoms with Gasteiger partial charge >= 0.3 is 0 Å². The lowest BCUT2D eigenvalue weighted by atomic mass is 10.1. The van der Waals surface area contributed by atoms with Gasteiger partial charge in [-0.05, 0) is 37.1 Å². The van der Waals surface area contributed by atoms with Crippen molar-refractivity contribution in [3.8, 4) is 22.5 Å². The molecule has 0 aliphatic rings. The van der Waals surface area contributed by atoms with E-state index in [-0.39, 0.29) is 5.91 Å². The molecule has 4 heteroatoms. The monoisotopic (exact) mass is 333 g/mol. The second-order valence-electron chi connectivity index (χ2n) is 6.00. The van der Waals surface area contributed by atoms with Crippen molar-refractivity contribution in [1.29, 1.82) is 0 Å². The van der Waals surface area contributed by atoms with Crippen LogP contribution in [0.1, 0.15) is 30.6 Å². The van der Waals surface area contributed by atoms with Gasteiger partial charge in [0.2, 0.25) is 0 Å². The third-order valence-corrected chi connectivity index (χ3v) is 4.25. The molecule has 1 N–H and O–H groups in total. The Morgan fingerprint density at radius 3 is 2.36 bits per heavy atom. The van der Waals surface area contributed by atoms with Crippen molar-refractivity contribution in [1.82, 2.24) is 15.1 Å². The van der Waals surface area contributed by atoms with Crippen molar-refractivity contribution in [2.75, 3.05) is 13.1 Å². The third kappa shape index (κ3) is 3.79. The Hall–Kier alpha value is -2.88. The van der Waals surface area contributed by atoms with Crippen LogP contribution in [0.25, 0.3) is 22.5 Å². The molecule has 1 aromatic heterocycles. The lowest BCUT2D eigenvalue weighted by Crippen LogP contribution is -2.31. The molecule has 0 atom stereocenters. The van der Waals surface area contributed by atoms with Crippen LogP contribution in [0, 0.1) is 0 Å². The minimum Gasteiger partial charge on any atom is -0.339 e. The molecular formula is C21H23N3O. The highest BCUT2D eigenvalue weighted by Gasteiger charge is 2.13. The second-order valence-corrected chi connectivity index (χ2v) is 6.00. The van der Waals surface area contributed by atoms with Gasteiger partial charge < -0.3 is 4.90 Å². The fourth-order valence-electron chi connectivity index (χ4n) is 2.87. The number of aromatic amines is 1. The summed E-state index contributed by atoms with van der Waals surface area (Å²) in [5.41, 5.74) is 4.68. The third-order valence-electron chi connectivity index (χ3n) is 4.25. The van der Waals surface area contributed by atoms with Crippen LogP contribution in [-0.4, -0.2) is 34.1 Å². The molecule has 128 valence electrons. The maximum atomic E-state index is 12.5. The number of carbonyl (C=O) groups is 1. The number of rotatable bonds is 6. The fraction of sp³-hybridized carbons (Fsp3) is 0.238. The fourth-order valence-corrected chi connectivity index (χ4v) is 2.87. The Balaban J connectivity index is 1.79. The van der Waals surface area contributed by atoms with Crippen LogP contribution in [0.3, 0.4) is 0 Å². The number of carbonyl (C=O) groups excluding carboxylic acids is 1. The van der Waals surface area contributed by atoms with Gasteiger partial charge in [-0.3, -0.25) is 9.89 Å². The number of nitrogens with zero attached hydrogens (tertiary/aromatic N) is 2. The average Bonchev–Trinajstić information content (AvgIpc) is 3.16. The summed E-state index contributed by atoms with van der Waals surface area (Å²) in [4.78, 5) is 14.4. The largest absolute Gasteiger partial charge is 0.339 e. The predicted molar refractivity (Wildman–Crippen MR) is 101 cm³/mol. The Bertz CT molecular complexity index is 822. The number of benzene rings is 2. The van der Waals surface area contributed by atoms with Gasteiger partial charge in [0.15, 0.2) is 0 Å². The molecule has 3 rings (SSSR count). The minimum atomic E-state index is 0.0884. The Kier molecular flexibility index (Phi) is 5.29. The van der Waals surface area contributed by atoms with Crippen LogP contribution >= 0.6 is 0 Å². The standard InChI is InChI=1S/C21H23N3O/c1-3-14-24(4-2)21(25)18-12-10-17(11-13-18)20-15-19(22-23-20)16-8-6-5-7-9-16/h5-13,15H,3-4,14H2,1-2H3,(H,22,23). The minimum absolute atomic E-state index is 0.0884. The molecule has 0 aliphatic carbocycles. The molecule has 0 radical (unpaired) electrons. The highest BCUT2D eigenvalue weighted by Crippen LogP contribution is 2.24. The van der Waals surface area contributed by atoms with E-state index in [2.05, 4.69) is 17.1 Å². The molecule has 0 aliphatic heterocycles. The first kappa shape index (κ1) is 17.0. The lowest BCUT2D eigenvalue weighted by molar-refractivity contribution is 0.0764. The second kappa shape index (κ2) is 7.79. The zero-order valence-corrected chi connectivity index (χ0v) is 14.7. The molecule has 0 unspecified atom stereocenters. The van der Waals surface area contributed by atoms with Crippen molar-refractivity contribution in [3.05, 3.63) is 66.2 Å². The van der Waals surface area contributed by atoms with Crippen molar-refractivity contribution in [3.63, 3.8) is 0 Å². The van der Waals surface area contributed by atoms with Crippen molar-refractivity contribution in [2.24, 2.45) is 0 Å². The van der Waals surface area contributed by atoms with Gasteiger partial charge in [0.25, 0.3) is 5.91 Å². The molecule has 4 nitrogen and oxygen atoms in total. The SMILES string of the molecule is CCCN(CC)C(=O)c1ccc(-c2cc(-c3ccccc3)n[nH]2)cc1. The van der Waals surface area contributed by atoms with E-state index < -0.39 is 0 Å². The molecule has 0 saturated heterocycles. The van der Waals surface area contributed by atoms with Gasteiger partial charge in [-0.2, -0.15) is 5.10 Å². The van der Waals surface area contributed by atoms with E-state index in [1.807, 2.05) is 72.5 Å². The van der Waals surface area contributed by atoms with Crippen LogP contribution in [0.4, 0.5) is 0 Å². The van der Waals surface area contributed by atoms with E-state index in [1.54, 1.807) is 0 Å². The summed E-state index contributed by atoms with van der Waals surface area (Å²) in [6, 6.07) is 19.8. The van der Waals surface area contributed by atoms with Crippen molar-refractivity contribution >= 4 is 5.91 Å². The van der Waals surface area contributed by atoms with Crippen LogP contribution in [-0.2, 0) is 0 Å². The summed E-state index contributed by atoms with van der Waals surface area (Å²) in [5.74, 6) is 0.0884. The van der Waals surface area contributed by atoms with Crippen LogP contribution in [0.15, 0.2) is 60.7 Å². The smallest absolute Gasteiger partial charge is 0.253 e. The number of nitrogens with one attached hydrogen (secondary N) is 1. The first-order chi connectivity index (χ1) is 12.2. The first-order valence-corrected chi connectivity index (χ1v) is 8.73. The zero-order chi connectivity index (χ0) is 17.6. The summed E-state index contributed by atoms with van der Waals surface area (Å²) < 4.78 is 0. The quantitative estimate of drug-likeness (QED) is 0.716. The van der Waals surface area contributed by atoms with E-state index in [0.717, 1.165) is 47.6 Å². The van der Waals surface area contributed by atoms with E-state index in [1.165, 1.54) is 0 Å². The summed E-state index contributed by atoms with van der Waals surface area (Å²) in [6.07, 6.45) is 0.966. The predicted octanol–water partition coefficient (Wildman–Crippen LogP) is 4.62. The van der Waals surface area contributed by atoms with Gasteiger partial charge in [0.1, 0.15) is 0 Å². The molecule has 3 aromatic rings. The number of hydrogen-bond donors (Lipinski definition) is 1. The molecule has 1 amide bonds. The number of H-pyrrole nitrogens is 1. The maximum Gasteiger partial charge on any atom is 0.253 e. The summed E-state index contributed by atoms with van der Waals surface area (Å²) in [6.45, 7) is 5.62. The zero-order valence-electron chi connectivity index (χ0n) is 14.7. The van der Waals surface area contributed by atoms with Gasteiger partial charge in [0.05, 0.1) is 11.4 Å². The van der Waals surface area contributed by atoms with Gasteiger partial charge in [0, 0.05) is 24.2 Å². The molecule has 0 fully saturated rings. The Morgan fingerprint density at radius 1 is 1.00 bits per heavy atom. The lowest BCUT2D eigenvalue weighted by Gasteiger charge is -2.20. The van der Waals surface area contributed by atoms with Gasteiger partial charge in [-0.1, -0.05) is 49.4 Å². The normalized spacial score (nSPS) is 10.6. The molecule has 0 spiro atoms. The average molecular weight is 333 g/mol. The Labute approximate surface area is 148 Å². The molecule has 2 aromatic carbocycles. The molecule has 0 bridgehead atoms. The van der Waals surface area contributed by atoms with Crippen molar-refractivity contribution < 1.29 is 4.79 Å². The van der Waals surface area contributed by atoms with E-state index >= 15 is 0 Å². The number of hydrogen-bond acceptors (Lipinski definition) is 2. The van der Waals surface area contributed by atoms with Crippen molar-refractivity contribution in [2.45, 2.75) is 20.3 Å². The van der Waals surface area contributed by atoms with Gasteiger partial charge in [-0.15, -0.1) is 0 Å². The highest BCUT2D eigenvalue weighted by molar-refractivity contribution is 5.94. The van der Waals surface area contributed by atoms with E-state index in [9.17, 15) is 4.79 Å². The molecule has 0 saturated carbocycles. The van der Waals surface area contributed by atoms with E-state index in [4.69, 9.17) is 0 Å². The van der Waals surface area contributed by atoms with Crippen LogP contribution in [0.2, 0.25) is 0 Å². The Morgan fingerprint density at radius 2 is 1.72 bits per heavy atom. The molecule has 25 heavy (non-hydrogen) atoms. The van der Waals surface area contributed by atoms with E-state index in [0.29, 0.717) is 0 Å². The summed E-state index contributed by atoms with van der Waals surface area (Å²) in [7, 11) is 0. The van der Waals surface area contributed by atoms with Crippen LogP contribution in [0.5, 0.6) is 0 Å². The summed E-state index contributed by atoms with van der Waals surface area (Å²) >= 11 is 0. The summed E-state index contributed by atoms with van der Waals surface area (Å²) in [5, 5.41) is 7.46. The molecular weight excluding hydrogens is 310 g/mol.